The molecule has 0 spiro atoms. The number of rotatable bonds is 4. The Morgan fingerprint density at radius 1 is 1.19 bits per heavy atom. The number of hydrogen-bond acceptors (Lipinski definition) is 4. The van der Waals surface area contributed by atoms with Crippen LogP contribution in [-0.2, 0) is 6.18 Å². The quantitative estimate of drug-likeness (QED) is 0.421. The lowest BCUT2D eigenvalue weighted by Gasteiger charge is -2.14. The van der Waals surface area contributed by atoms with Gasteiger partial charge >= 0.3 is 6.18 Å². The zero-order valence-corrected chi connectivity index (χ0v) is 14.7. The van der Waals surface area contributed by atoms with Crippen molar-refractivity contribution in [1.82, 2.24) is 5.43 Å². The molecule has 2 aromatic carbocycles. The summed E-state index contributed by atoms with van der Waals surface area (Å²) in [5, 5.41) is 16.3. The zero-order chi connectivity index (χ0) is 19.3. The third-order valence-electron chi connectivity index (χ3n) is 3.40. The first kappa shape index (κ1) is 19.5. The van der Waals surface area contributed by atoms with Crippen molar-refractivity contribution in [3.8, 4) is 11.5 Å². The van der Waals surface area contributed by atoms with Crippen LogP contribution in [0.25, 0.3) is 0 Å². The number of thiocarbonyl (C=S) groups is 1. The lowest BCUT2D eigenvalue weighted by Crippen LogP contribution is -2.26. The number of methoxy groups -OCH3 is 1. The van der Waals surface area contributed by atoms with E-state index in [1.165, 1.54) is 31.4 Å². The Balaban J connectivity index is 2.10. The number of hydrazone groups is 1. The van der Waals surface area contributed by atoms with E-state index in [0.29, 0.717) is 17.0 Å². The van der Waals surface area contributed by atoms with Gasteiger partial charge in [-0.2, -0.15) is 18.3 Å². The summed E-state index contributed by atoms with van der Waals surface area (Å²) in [7, 11) is 1.47. The van der Waals surface area contributed by atoms with Crippen LogP contribution >= 0.6 is 12.2 Å². The van der Waals surface area contributed by atoms with E-state index < -0.39 is 11.7 Å². The van der Waals surface area contributed by atoms with Crippen molar-refractivity contribution in [3.05, 3.63) is 53.6 Å². The maximum atomic E-state index is 13.0. The van der Waals surface area contributed by atoms with Crippen LogP contribution < -0.4 is 15.5 Å². The Morgan fingerprint density at radius 3 is 2.50 bits per heavy atom. The lowest BCUT2D eigenvalue weighted by atomic mass is 10.1. The molecule has 2 rings (SSSR count). The summed E-state index contributed by atoms with van der Waals surface area (Å²) in [5.74, 6) is 0.432. The molecule has 138 valence electrons. The molecule has 0 aromatic heterocycles. The molecule has 0 radical (unpaired) electrons. The smallest absolute Gasteiger partial charge is 0.418 e. The van der Waals surface area contributed by atoms with Crippen LogP contribution in [0, 0.1) is 0 Å². The first-order valence-electron chi connectivity index (χ1n) is 7.37. The summed E-state index contributed by atoms with van der Waals surface area (Å²) < 4.78 is 43.9. The van der Waals surface area contributed by atoms with E-state index in [9.17, 15) is 18.3 Å². The van der Waals surface area contributed by atoms with Gasteiger partial charge in [-0.3, -0.25) is 5.43 Å². The Morgan fingerprint density at radius 2 is 1.88 bits per heavy atom. The molecule has 0 saturated carbocycles. The van der Waals surface area contributed by atoms with E-state index in [0.717, 1.165) is 6.07 Å². The normalized spacial score (nSPS) is 11.8. The van der Waals surface area contributed by atoms with Gasteiger partial charge in [-0.1, -0.05) is 12.1 Å². The number of para-hydroxylation sites is 1. The first-order chi connectivity index (χ1) is 12.2. The van der Waals surface area contributed by atoms with Crippen molar-refractivity contribution in [2.75, 3.05) is 12.4 Å². The van der Waals surface area contributed by atoms with Gasteiger partial charge in [0.15, 0.2) is 5.11 Å². The molecule has 5 nitrogen and oxygen atoms in total. The third-order valence-corrected chi connectivity index (χ3v) is 3.59. The predicted molar refractivity (Wildman–Crippen MR) is 97.7 cm³/mol. The third kappa shape index (κ3) is 4.85. The van der Waals surface area contributed by atoms with Crippen molar-refractivity contribution < 1.29 is 23.0 Å². The number of nitrogens with one attached hydrogen (secondary N) is 2. The summed E-state index contributed by atoms with van der Waals surface area (Å²) in [6.07, 6.45) is -4.51. The number of ether oxygens (including phenoxy) is 1. The van der Waals surface area contributed by atoms with Crippen molar-refractivity contribution >= 4 is 28.7 Å². The van der Waals surface area contributed by atoms with Crippen molar-refractivity contribution in [2.45, 2.75) is 13.1 Å². The molecule has 9 heteroatoms. The minimum Gasteiger partial charge on any atom is -0.507 e. The average Bonchev–Trinajstić information content (AvgIpc) is 2.59. The van der Waals surface area contributed by atoms with Gasteiger partial charge in [0.25, 0.3) is 0 Å². The minimum absolute atomic E-state index is 0.0475. The van der Waals surface area contributed by atoms with Crippen LogP contribution in [0.15, 0.2) is 47.6 Å². The molecule has 3 N–H and O–H groups in total. The van der Waals surface area contributed by atoms with Crippen LogP contribution in [0.1, 0.15) is 18.1 Å². The average molecular weight is 383 g/mol. The lowest BCUT2D eigenvalue weighted by molar-refractivity contribution is -0.136. The number of aromatic hydroxyl groups is 1. The topological polar surface area (TPSA) is 65.9 Å². The summed E-state index contributed by atoms with van der Waals surface area (Å²) in [5.41, 5.74) is 2.26. The highest BCUT2D eigenvalue weighted by Gasteiger charge is 2.33. The fraction of sp³-hybridized carbons (Fsp3) is 0.176. The second kappa shape index (κ2) is 8.05. The number of alkyl halides is 3. The molecule has 0 unspecified atom stereocenters. The van der Waals surface area contributed by atoms with E-state index in [1.54, 1.807) is 19.1 Å². The molecule has 0 atom stereocenters. The molecule has 0 amide bonds. The van der Waals surface area contributed by atoms with E-state index in [4.69, 9.17) is 17.0 Å². The molecule has 0 aliphatic rings. The van der Waals surface area contributed by atoms with Crippen LogP contribution in [0.5, 0.6) is 11.5 Å². The molecule has 0 fully saturated rings. The van der Waals surface area contributed by atoms with Gasteiger partial charge < -0.3 is 15.2 Å². The highest BCUT2D eigenvalue weighted by molar-refractivity contribution is 7.80. The summed E-state index contributed by atoms with van der Waals surface area (Å²) >= 11 is 4.98. The Hall–Kier alpha value is -2.81. The molecular weight excluding hydrogens is 367 g/mol. The Bertz CT molecular complexity index is 838. The molecule has 0 saturated heterocycles. The highest BCUT2D eigenvalue weighted by Crippen LogP contribution is 2.34. The standard InChI is InChI=1S/C17H16F3N3O2S/c1-10(12-8-7-11(25-2)9-15(12)24)22-23-16(26)21-14-6-4-3-5-13(14)17(18,19)20/h3-9,24H,1-2H3,(H2,21,23,26)/b22-10+. The molecule has 2 aromatic rings. The van der Waals surface area contributed by atoms with Crippen molar-refractivity contribution in [2.24, 2.45) is 5.10 Å². The summed E-state index contributed by atoms with van der Waals surface area (Å²) in [4.78, 5) is 0. The highest BCUT2D eigenvalue weighted by atomic mass is 32.1. The van der Waals surface area contributed by atoms with E-state index in [2.05, 4.69) is 15.8 Å². The molecule has 0 aliphatic heterocycles. The van der Waals surface area contributed by atoms with Crippen LogP contribution in [0.3, 0.4) is 0 Å². The van der Waals surface area contributed by atoms with Gasteiger partial charge in [0.05, 0.1) is 24.1 Å². The fourth-order valence-corrected chi connectivity index (χ4v) is 2.28. The van der Waals surface area contributed by atoms with E-state index in [1.807, 2.05) is 0 Å². The number of phenolic OH excluding ortho intramolecular Hbond substituents is 1. The predicted octanol–water partition coefficient (Wildman–Crippen LogP) is 4.13. The number of benzene rings is 2. The molecule has 0 bridgehead atoms. The maximum Gasteiger partial charge on any atom is 0.418 e. The van der Waals surface area contributed by atoms with Crippen molar-refractivity contribution in [1.29, 1.82) is 0 Å². The first-order valence-corrected chi connectivity index (χ1v) is 7.78. The monoisotopic (exact) mass is 383 g/mol. The van der Waals surface area contributed by atoms with Gasteiger partial charge in [-0.25, -0.2) is 0 Å². The molecule has 0 aliphatic carbocycles. The zero-order valence-electron chi connectivity index (χ0n) is 13.9. The number of hydrogen-bond donors (Lipinski definition) is 3. The summed E-state index contributed by atoms with van der Waals surface area (Å²) in [6.45, 7) is 1.61. The minimum atomic E-state index is -4.51. The SMILES string of the molecule is COc1ccc(/C(C)=N/NC(=S)Nc2ccccc2C(F)(F)F)c(O)c1. The molecular formula is C17H16F3N3O2S. The largest absolute Gasteiger partial charge is 0.507 e. The number of nitrogens with zero attached hydrogens (tertiary/aromatic N) is 1. The van der Waals surface area contributed by atoms with Crippen LogP contribution in [0.4, 0.5) is 18.9 Å². The fourth-order valence-electron chi connectivity index (χ4n) is 2.13. The second-order valence-electron chi connectivity index (χ2n) is 5.19. The van der Waals surface area contributed by atoms with Gasteiger partial charge in [-0.05, 0) is 43.4 Å². The Labute approximate surface area is 153 Å². The molecule has 0 heterocycles. The van der Waals surface area contributed by atoms with E-state index in [-0.39, 0.29) is 16.5 Å². The number of halogens is 3. The van der Waals surface area contributed by atoms with Crippen LogP contribution in [-0.4, -0.2) is 23.0 Å². The maximum absolute atomic E-state index is 13.0. The second-order valence-corrected chi connectivity index (χ2v) is 5.60. The number of phenols is 1. The van der Waals surface area contributed by atoms with E-state index >= 15 is 0 Å². The summed E-state index contributed by atoms with van der Waals surface area (Å²) in [6, 6.07) is 9.64. The van der Waals surface area contributed by atoms with Gasteiger partial charge in [0, 0.05) is 11.6 Å². The number of anilines is 1. The van der Waals surface area contributed by atoms with Crippen LogP contribution in [0.2, 0.25) is 0 Å². The van der Waals surface area contributed by atoms with Gasteiger partial charge in [0.1, 0.15) is 11.5 Å². The Kier molecular flexibility index (Phi) is 6.04. The van der Waals surface area contributed by atoms with Gasteiger partial charge in [0.2, 0.25) is 0 Å². The van der Waals surface area contributed by atoms with Gasteiger partial charge in [-0.15, -0.1) is 0 Å². The van der Waals surface area contributed by atoms with Crippen molar-refractivity contribution in [3.63, 3.8) is 0 Å². The molecule has 26 heavy (non-hydrogen) atoms.